The van der Waals surface area contributed by atoms with Gasteiger partial charge in [-0.1, -0.05) is 0 Å². The quantitative estimate of drug-likeness (QED) is 0.723. The summed E-state index contributed by atoms with van der Waals surface area (Å²) in [6.45, 7) is 0. The molecule has 2 aromatic carbocycles. The molecule has 1 aromatic heterocycles. The second-order valence-corrected chi connectivity index (χ2v) is 8.83. The Morgan fingerprint density at radius 3 is 2.57 bits per heavy atom. The van der Waals surface area contributed by atoms with Gasteiger partial charge in [0.1, 0.15) is 0 Å². The zero-order valence-electron chi connectivity index (χ0n) is 15.1. The molecule has 8 nitrogen and oxygen atoms in total. The molecule has 0 radical (unpaired) electrons. The molecule has 1 aliphatic carbocycles. The minimum atomic E-state index is -3.86. The molecule has 2 heterocycles. The number of nitrogens with zero attached hydrogens (tertiary/aromatic N) is 1. The maximum absolute atomic E-state index is 12.8. The van der Waals surface area contributed by atoms with Gasteiger partial charge in [-0.2, -0.15) is 0 Å². The van der Waals surface area contributed by atoms with E-state index in [9.17, 15) is 13.2 Å². The number of anilines is 1. The number of aryl methyl sites for hydroxylation is 1. The zero-order valence-corrected chi connectivity index (χ0v) is 15.9. The molecule has 146 valence electrons. The molecule has 9 heteroatoms. The van der Waals surface area contributed by atoms with E-state index in [0.29, 0.717) is 28.3 Å². The standard InChI is InChI=1S/C19H18N2O6S/c1-21-14-11-13(5-7-15(14)25-18(21)22)28(23,24)20-12-4-6-16-17(10-12)27-19(26-16)8-2-3-9-19/h4-7,10-11,20H,2-3,8-9H2,1H3. The van der Waals surface area contributed by atoms with Crippen molar-refractivity contribution in [2.45, 2.75) is 36.4 Å². The van der Waals surface area contributed by atoms with Crippen LogP contribution in [0, 0.1) is 0 Å². The topological polar surface area (TPSA) is 99.8 Å². The Morgan fingerprint density at radius 1 is 1.04 bits per heavy atom. The lowest BCUT2D eigenvalue weighted by molar-refractivity contribution is -0.0716. The number of hydrogen-bond acceptors (Lipinski definition) is 6. The molecule has 1 fully saturated rings. The average molecular weight is 402 g/mol. The fourth-order valence-corrected chi connectivity index (χ4v) is 4.83. The summed E-state index contributed by atoms with van der Waals surface area (Å²) < 4.78 is 46.4. The number of oxazole rings is 1. The van der Waals surface area contributed by atoms with E-state index in [1.165, 1.54) is 29.8 Å². The van der Waals surface area contributed by atoms with Gasteiger partial charge in [0.15, 0.2) is 17.1 Å². The summed E-state index contributed by atoms with van der Waals surface area (Å²) in [5.74, 6) is 0.0142. The molecule has 1 saturated carbocycles. The van der Waals surface area contributed by atoms with Gasteiger partial charge < -0.3 is 13.9 Å². The first-order valence-electron chi connectivity index (χ1n) is 9.00. The van der Waals surface area contributed by atoms with Crippen molar-refractivity contribution in [3.8, 4) is 11.5 Å². The monoisotopic (exact) mass is 402 g/mol. The van der Waals surface area contributed by atoms with Crippen LogP contribution in [0.5, 0.6) is 11.5 Å². The summed E-state index contributed by atoms with van der Waals surface area (Å²) >= 11 is 0. The molecule has 0 bridgehead atoms. The fraction of sp³-hybridized carbons (Fsp3) is 0.316. The van der Waals surface area contributed by atoms with Crippen LogP contribution in [0.15, 0.2) is 50.5 Å². The maximum atomic E-state index is 12.8. The molecule has 5 rings (SSSR count). The molecule has 1 spiro atoms. The number of rotatable bonds is 3. The van der Waals surface area contributed by atoms with Crippen LogP contribution in [0.25, 0.3) is 11.1 Å². The molecule has 0 amide bonds. The molecule has 28 heavy (non-hydrogen) atoms. The van der Waals surface area contributed by atoms with Crippen LogP contribution < -0.4 is 20.0 Å². The van der Waals surface area contributed by atoms with Crippen LogP contribution in [0.4, 0.5) is 5.69 Å². The van der Waals surface area contributed by atoms with Gasteiger partial charge in [-0.15, -0.1) is 0 Å². The summed E-state index contributed by atoms with van der Waals surface area (Å²) in [6.07, 6.45) is 3.75. The molecule has 1 aliphatic heterocycles. The second-order valence-electron chi connectivity index (χ2n) is 7.15. The van der Waals surface area contributed by atoms with E-state index in [-0.39, 0.29) is 4.90 Å². The van der Waals surface area contributed by atoms with Crippen molar-refractivity contribution < 1.29 is 22.3 Å². The van der Waals surface area contributed by atoms with Crippen molar-refractivity contribution in [1.29, 1.82) is 0 Å². The Hall–Kier alpha value is -2.94. The van der Waals surface area contributed by atoms with Crippen molar-refractivity contribution in [1.82, 2.24) is 4.57 Å². The summed E-state index contributed by atoms with van der Waals surface area (Å²) in [5.41, 5.74) is 1.11. The number of nitrogens with one attached hydrogen (secondary N) is 1. The number of fused-ring (bicyclic) bond motifs is 2. The van der Waals surface area contributed by atoms with E-state index in [4.69, 9.17) is 13.9 Å². The SMILES string of the molecule is Cn1c(=O)oc2ccc(S(=O)(=O)Nc3ccc4c(c3)OC3(CCCC3)O4)cc21. The van der Waals surface area contributed by atoms with Crippen molar-refractivity contribution >= 4 is 26.8 Å². The normalized spacial score (nSPS) is 17.5. The highest BCUT2D eigenvalue weighted by atomic mass is 32.2. The number of aromatic nitrogens is 1. The van der Waals surface area contributed by atoms with Crippen molar-refractivity contribution in [2.24, 2.45) is 7.05 Å². The predicted octanol–water partition coefficient (Wildman–Crippen LogP) is 2.97. The molecule has 0 unspecified atom stereocenters. The first-order valence-corrected chi connectivity index (χ1v) is 10.5. The van der Waals surface area contributed by atoms with E-state index >= 15 is 0 Å². The minimum absolute atomic E-state index is 0.0290. The van der Waals surface area contributed by atoms with E-state index in [1.807, 2.05) is 0 Å². The van der Waals surface area contributed by atoms with Gasteiger partial charge in [-0.05, 0) is 43.2 Å². The fourth-order valence-electron chi connectivity index (χ4n) is 3.76. The van der Waals surface area contributed by atoms with Gasteiger partial charge in [0.05, 0.1) is 16.1 Å². The van der Waals surface area contributed by atoms with Gasteiger partial charge in [0.2, 0.25) is 0 Å². The Morgan fingerprint density at radius 2 is 1.79 bits per heavy atom. The van der Waals surface area contributed by atoms with Gasteiger partial charge in [-0.25, -0.2) is 13.2 Å². The third kappa shape index (κ3) is 2.65. The molecular weight excluding hydrogens is 384 g/mol. The number of ether oxygens (including phenoxy) is 2. The largest absolute Gasteiger partial charge is 0.448 e. The third-order valence-electron chi connectivity index (χ3n) is 5.23. The number of sulfonamides is 1. The molecular formula is C19H18N2O6S. The second kappa shape index (κ2) is 5.78. The van der Waals surface area contributed by atoms with Crippen LogP contribution in [-0.4, -0.2) is 18.8 Å². The highest BCUT2D eigenvalue weighted by molar-refractivity contribution is 7.92. The smallest absolute Gasteiger partial charge is 0.419 e. The molecule has 2 aliphatic rings. The molecule has 1 N–H and O–H groups in total. The maximum Gasteiger partial charge on any atom is 0.419 e. The summed E-state index contributed by atoms with van der Waals surface area (Å²) in [7, 11) is -2.34. The first-order chi connectivity index (χ1) is 13.4. The van der Waals surface area contributed by atoms with Crippen LogP contribution in [-0.2, 0) is 17.1 Å². The van der Waals surface area contributed by atoms with Gasteiger partial charge >= 0.3 is 5.76 Å². The predicted molar refractivity (Wildman–Crippen MR) is 101 cm³/mol. The minimum Gasteiger partial charge on any atom is -0.448 e. The average Bonchev–Trinajstić information content (AvgIpc) is 3.33. The third-order valence-corrected chi connectivity index (χ3v) is 6.61. The summed E-state index contributed by atoms with van der Waals surface area (Å²) in [4.78, 5) is 11.6. The van der Waals surface area contributed by atoms with Crippen molar-refractivity contribution in [2.75, 3.05) is 4.72 Å². The highest BCUT2D eigenvalue weighted by Crippen LogP contribution is 2.47. The lowest BCUT2D eigenvalue weighted by Crippen LogP contribution is -2.34. The van der Waals surface area contributed by atoms with Crippen molar-refractivity contribution in [3.05, 3.63) is 46.9 Å². The van der Waals surface area contributed by atoms with E-state index in [1.54, 1.807) is 18.2 Å². The van der Waals surface area contributed by atoms with Crippen molar-refractivity contribution in [3.63, 3.8) is 0 Å². The first kappa shape index (κ1) is 17.2. The Kier molecular flexibility index (Phi) is 3.54. The number of benzene rings is 2. The molecule has 3 aromatic rings. The Bertz CT molecular complexity index is 1250. The van der Waals surface area contributed by atoms with Gasteiger partial charge in [-0.3, -0.25) is 9.29 Å². The molecule has 0 saturated heterocycles. The Balaban J connectivity index is 1.45. The zero-order chi connectivity index (χ0) is 19.5. The lowest BCUT2D eigenvalue weighted by atomic mass is 10.2. The lowest BCUT2D eigenvalue weighted by Gasteiger charge is -2.21. The summed E-state index contributed by atoms with van der Waals surface area (Å²) in [6, 6.07) is 9.25. The Labute approximate surface area is 160 Å². The number of hydrogen-bond donors (Lipinski definition) is 1. The molecule has 0 atom stereocenters. The van der Waals surface area contributed by atoms with Gasteiger partial charge in [0, 0.05) is 26.0 Å². The van der Waals surface area contributed by atoms with E-state index < -0.39 is 21.6 Å². The summed E-state index contributed by atoms with van der Waals surface area (Å²) in [5, 5.41) is 0. The van der Waals surface area contributed by atoms with Crippen LogP contribution in [0.3, 0.4) is 0 Å². The highest BCUT2D eigenvalue weighted by Gasteiger charge is 2.44. The van der Waals surface area contributed by atoms with E-state index in [0.717, 1.165) is 25.7 Å². The van der Waals surface area contributed by atoms with Crippen LogP contribution >= 0.6 is 0 Å². The van der Waals surface area contributed by atoms with E-state index in [2.05, 4.69) is 4.72 Å². The van der Waals surface area contributed by atoms with Crippen LogP contribution in [0.2, 0.25) is 0 Å². The van der Waals surface area contributed by atoms with Crippen LogP contribution in [0.1, 0.15) is 25.7 Å². The van der Waals surface area contributed by atoms with Gasteiger partial charge in [0.25, 0.3) is 15.8 Å².